The van der Waals surface area contributed by atoms with E-state index in [1.165, 1.54) is 13.2 Å². The molecule has 25 nitrogen and oxygen atoms in total. The molecule has 0 bridgehead atoms. The van der Waals surface area contributed by atoms with E-state index in [-0.39, 0.29) is 47.9 Å². The summed E-state index contributed by atoms with van der Waals surface area (Å²) in [5, 5.41) is 19.5. The number of methoxy groups -OCH3 is 1. The number of ether oxygens (including phenoxy) is 2. The van der Waals surface area contributed by atoms with Gasteiger partial charge in [-0.25, -0.2) is 19.1 Å². The average molecular weight is 1080 g/mol. The Kier molecular flexibility index (Phi) is 16.6. The summed E-state index contributed by atoms with van der Waals surface area (Å²) in [6, 6.07) is 7.42. The zero-order chi connectivity index (χ0) is 56.2. The number of nitrogens with two attached hydrogens (primary N) is 3. The van der Waals surface area contributed by atoms with Crippen LogP contribution in [0.3, 0.4) is 0 Å². The molecule has 0 spiro atoms. The Bertz CT molecular complexity index is 3460. The van der Waals surface area contributed by atoms with Crippen LogP contribution >= 0.6 is 0 Å². The van der Waals surface area contributed by atoms with Crippen LogP contribution in [0.2, 0.25) is 0 Å². The highest BCUT2D eigenvalue weighted by Crippen LogP contribution is 2.34. The molecule has 9 rings (SSSR count). The fraction of sp³-hybridized carbons (Fsp3) is 0.463. The Labute approximate surface area is 456 Å². The average Bonchev–Trinajstić information content (AvgIpc) is 4.41. The predicted octanol–water partition coefficient (Wildman–Crippen LogP) is 3.48. The van der Waals surface area contributed by atoms with Crippen molar-refractivity contribution in [3.8, 4) is 11.5 Å². The number of benzene rings is 2. The molecule has 0 saturated carbocycles. The predicted molar refractivity (Wildman–Crippen MR) is 293 cm³/mol. The topological polar surface area (TPSA) is 305 Å². The van der Waals surface area contributed by atoms with Gasteiger partial charge in [-0.1, -0.05) is 26.0 Å². The maximum Gasteiger partial charge on any atom is 0.301 e. The summed E-state index contributed by atoms with van der Waals surface area (Å²) in [7, 11) is 3.31. The van der Waals surface area contributed by atoms with Crippen molar-refractivity contribution in [1.82, 2.24) is 58.0 Å². The minimum atomic E-state index is -0.673. The number of aromatic nitrogens is 11. The van der Waals surface area contributed by atoms with Crippen molar-refractivity contribution in [1.29, 1.82) is 0 Å². The number of carbonyl (C=O) groups excluding carboxylic acids is 5. The molecule has 5 aromatic heterocycles. The van der Waals surface area contributed by atoms with Crippen molar-refractivity contribution < 1.29 is 38.0 Å². The molecular weight excluding hydrogens is 1010 g/mol. The summed E-state index contributed by atoms with van der Waals surface area (Å²) in [5.74, 6) is 1.16. The maximum atomic E-state index is 14.1. The fourth-order valence-corrected chi connectivity index (χ4v) is 10.6. The van der Waals surface area contributed by atoms with Crippen LogP contribution in [-0.4, -0.2) is 133 Å². The summed E-state index contributed by atoms with van der Waals surface area (Å²) in [4.78, 5) is 79.9. The Hall–Kier alpha value is -8.45. The number of imidazole rings is 3. The van der Waals surface area contributed by atoms with Crippen molar-refractivity contribution in [2.24, 2.45) is 30.2 Å². The van der Waals surface area contributed by atoms with Crippen LogP contribution in [0.1, 0.15) is 118 Å². The Morgan fingerprint density at radius 3 is 2.04 bits per heavy atom. The molecule has 2 aliphatic heterocycles. The van der Waals surface area contributed by atoms with Gasteiger partial charge >= 0.3 is 5.91 Å². The summed E-state index contributed by atoms with van der Waals surface area (Å²) in [6.07, 6.45) is 10.4. The lowest BCUT2D eigenvalue weighted by Gasteiger charge is -2.33. The molecule has 1 unspecified atom stereocenters. The highest BCUT2D eigenvalue weighted by molar-refractivity contribution is 6.05. The molecule has 79 heavy (non-hydrogen) atoms. The molecule has 5 amide bonds. The molecular formula is C54H71N18O7+. The largest absolute Gasteiger partial charge is 0.494 e. The summed E-state index contributed by atoms with van der Waals surface area (Å²) < 4.78 is 23.3. The number of anilines is 2. The molecule has 0 radical (unpaired) electrons. The number of rotatable bonds is 22. The lowest BCUT2D eigenvalue weighted by Crippen LogP contribution is -2.47. The number of allylic oxidation sites excluding steroid dienone is 2. The number of piperidine rings is 1. The zero-order valence-corrected chi connectivity index (χ0v) is 45.9. The zero-order valence-electron chi connectivity index (χ0n) is 45.9. The molecule has 8 N–H and O–H groups in total. The van der Waals surface area contributed by atoms with Gasteiger partial charge in [0.05, 0.1) is 56.6 Å². The molecule has 25 heteroatoms. The molecule has 7 aromatic rings. The number of nitrogens with one attached hydrogen (secondary N) is 2. The van der Waals surface area contributed by atoms with E-state index in [0.717, 1.165) is 44.1 Å². The van der Waals surface area contributed by atoms with E-state index in [1.54, 1.807) is 60.7 Å². The second-order valence-corrected chi connectivity index (χ2v) is 20.6. The first-order valence-electron chi connectivity index (χ1n) is 26.9. The van der Waals surface area contributed by atoms with Crippen molar-refractivity contribution in [2.75, 3.05) is 50.5 Å². The van der Waals surface area contributed by atoms with Gasteiger partial charge in [-0.05, 0) is 95.8 Å². The monoisotopic (exact) mass is 1080 g/mol. The molecule has 1 fully saturated rings. The maximum absolute atomic E-state index is 14.1. The Balaban J connectivity index is 0.942. The minimum absolute atomic E-state index is 0.0399. The lowest BCUT2D eigenvalue weighted by atomic mass is 9.95. The molecule has 0 aliphatic carbocycles. The summed E-state index contributed by atoms with van der Waals surface area (Å²) >= 11 is 0. The van der Waals surface area contributed by atoms with E-state index in [2.05, 4.69) is 49.2 Å². The fourth-order valence-electron chi connectivity index (χ4n) is 10.6. The van der Waals surface area contributed by atoms with Gasteiger partial charge < -0.3 is 50.2 Å². The number of fused-ring (bicyclic) bond motifs is 3. The van der Waals surface area contributed by atoms with E-state index < -0.39 is 29.7 Å². The van der Waals surface area contributed by atoms with Gasteiger partial charge in [0, 0.05) is 56.3 Å². The highest BCUT2D eigenvalue weighted by Gasteiger charge is 2.32. The first kappa shape index (κ1) is 55.3. The van der Waals surface area contributed by atoms with Crippen LogP contribution in [0.4, 0.5) is 11.9 Å². The third-order valence-electron chi connectivity index (χ3n) is 14.5. The summed E-state index contributed by atoms with van der Waals surface area (Å²) in [5.41, 5.74) is 21.4. The number of hydrogen-bond donors (Lipinski definition) is 5. The second kappa shape index (κ2) is 23.7. The van der Waals surface area contributed by atoms with Gasteiger partial charge in [-0.3, -0.25) is 39.3 Å². The SMILES string of the molecule is CCn1c[n+](C)cc1C(=O)Nc1nc2cc(C(N)=O)cc(OCCCN3CCC(c4nnc5n4CCN(C(=O)C(N)CC(C)C)C5)CC3)c2n1C/C=C/Cn1c(NC(=O)c2cc(C)nn2CC)nc2cc(C(N)=O)cc(OC)c21. The Morgan fingerprint density at radius 1 is 0.823 bits per heavy atom. The van der Waals surface area contributed by atoms with E-state index in [4.69, 9.17) is 36.6 Å². The molecule has 1 saturated heterocycles. The van der Waals surface area contributed by atoms with Crippen LogP contribution in [0.25, 0.3) is 22.1 Å². The van der Waals surface area contributed by atoms with E-state index >= 15 is 0 Å². The first-order valence-corrected chi connectivity index (χ1v) is 26.9. The van der Waals surface area contributed by atoms with Crippen molar-refractivity contribution in [3.05, 3.63) is 94.9 Å². The van der Waals surface area contributed by atoms with E-state index in [1.807, 2.05) is 43.9 Å². The smallest absolute Gasteiger partial charge is 0.301 e. The number of likely N-dealkylation sites (tertiary alicyclic amines) is 1. The molecule has 418 valence electrons. The number of hydrogen-bond acceptors (Lipinski definition) is 14. The van der Waals surface area contributed by atoms with E-state index in [0.29, 0.717) is 109 Å². The number of primary amides is 2. The van der Waals surface area contributed by atoms with Crippen LogP contribution in [-0.2, 0) is 51.1 Å². The van der Waals surface area contributed by atoms with Gasteiger partial charge in [0.1, 0.15) is 40.2 Å². The van der Waals surface area contributed by atoms with Gasteiger partial charge in [0.25, 0.3) is 5.91 Å². The Morgan fingerprint density at radius 2 is 1.44 bits per heavy atom. The highest BCUT2D eigenvalue weighted by atomic mass is 16.5. The number of nitrogens with zero attached hydrogens (tertiary/aromatic N) is 13. The van der Waals surface area contributed by atoms with Crippen molar-refractivity contribution in [2.45, 2.75) is 112 Å². The number of amides is 5. The van der Waals surface area contributed by atoms with Gasteiger partial charge in [-0.2, -0.15) is 5.10 Å². The lowest BCUT2D eigenvalue weighted by molar-refractivity contribution is -0.671. The van der Waals surface area contributed by atoms with Crippen LogP contribution in [0, 0.1) is 12.8 Å². The third kappa shape index (κ3) is 11.9. The standard InChI is InChI=1S/C54H70N18O7/c1-8-67-31-65(6)29-41(67)51(76)61-54-59-39-26-36(48(57)74)28-43(79-22-12-15-66-18-13-34(14-19-66)49-63-62-44-30-68(20-21-69(44)49)52(77)37(55)23-32(3)4)46(39)71(54)17-11-10-16-70-45-38(25-35(47(56)73)27-42(45)78-7)58-53(70)60-50(75)40-24-33(5)64-72(40)9-2/h10-11,24-29,31-32,34,37H,8-9,12-23,30,55H2,1-7H3,(H5-,56,57,58,59,60,61,73,74,75,76)/p+1/b11-10+. The normalized spacial score (nSPS) is 14.6. The quantitative estimate of drug-likeness (QED) is 0.0369. The number of carbonyl (C=O) groups is 5. The van der Waals surface area contributed by atoms with Crippen LogP contribution < -0.4 is 41.9 Å². The molecule has 2 aliphatic rings. The third-order valence-corrected chi connectivity index (χ3v) is 14.5. The molecule has 2 aromatic carbocycles. The van der Waals surface area contributed by atoms with Crippen LogP contribution in [0.5, 0.6) is 11.5 Å². The van der Waals surface area contributed by atoms with Crippen LogP contribution in [0.15, 0.2) is 55.0 Å². The van der Waals surface area contributed by atoms with Gasteiger partial charge in [-0.15, -0.1) is 10.2 Å². The first-order chi connectivity index (χ1) is 37.9. The molecule has 7 heterocycles. The number of aryl methyl sites for hydroxylation is 4. The second-order valence-electron chi connectivity index (χ2n) is 20.6. The van der Waals surface area contributed by atoms with E-state index in [9.17, 15) is 24.0 Å². The minimum Gasteiger partial charge on any atom is -0.494 e. The molecule has 1 atom stereocenters. The van der Waals surface area contributed by atoms with Gasteiger partial charge in [0.2, 0.25) is 41.6 Å². The van der Waals surface area contributed by atoms with Crippen molar-refractivity contribution >= 4 is 63.5 Å². The summed E-state index contributed by atoms with van der Waals surface area (Å²) in [6.45, 7) is 15.5. The van der Waals surface area contributed by atoms with Gasteiger partial charge in [0.15, 0.2) is 5.82 Å². The van der Waals surface area contributed by atoms with Crippen molar-refractivity contribution in [3.63, 3.8) is 0 Å².